The first-order chi connectivity index (χ1) is 20.2. The van der Waals surface area contributed by atoms with E-state index in [2.05, 4.69) is 133 Å². The molecule has 8 rings (SSSR count). The van der Waals surface area contributed by atoms with Crippen LogP contribution >= 0.6 is 0 Å². The maximum Gasteiger partial charge on any atom is 0.179 e. The van der Waals surface area contributed by atoms with Crippen LogP contribution in [0, 0.1) is 5.41 Å². The minimum absolute atomic E-state index is 0.0121. The molecule has 3 atom stereocenters. The van der Waals surface area contributed by atoms with Gasteiger partial charge in [0.25, 0.3) is 0 Å². The molecule has 4 aromatic carbocycles. The van der Waals surface area contributed by atoms with Gasteiger partial charge in [-0.2, -0.15) is 0 Å². The van der Waals surface area contributed by atoms with Gasteiger partial charge in [-0.3, -0.25) is 0 Å². The van der Waals surface area contributed by atoms with Gasteiger partial charge in [0.15, 0.2) is 11.6 Å². The van der Waals surface area contributed by atoms with Crippen molar-refractivity contribution in [2.45, 2.75) is 38.3 Å². The fourth-order valence-corrected chi connectivity index (χ4v) is 8.08. The number of hydrogen-bond acceptors (Lipinski definition) is 4. The molecule has 1 aromatic heterocycles. The Bertz CT molecular complexity index is 1800. The van der Waals surface area contributed by atoms with E-state index in [4.69, 9.17) is 16.5 Å². The van der Waals surface area contributed by atoms with Gasteiger partial charge in [0.2, 0.25) is 0 Å². The Morgan fingerprint density at radius 3 is 1.71 bits per heavy atom. The summed E-state index contributed by atoms with van der Waals surface area (Å²) in [7, 11) is 0. The molecule has 0 radical (unpaired) electrons. The Kier molecular flexibility index (Phi) is 5.09. The Hall–Kier alpha value is -4.70. The first kappa shape index (κ1) is 24.1. The molecule has 1 aliphatic carbocycles. The van der Waals surface area contributed by atoms with E-state index in [1.54, 1.807) is 0 Å². The summed E-state index contributed by atoms with van der Waals surface area (Å²) in [5, 5.41) is 0. The first-order valence-corrected chi connectivity index (χ1v) is 14.6. The molecule has 3 aliphatic rings. The third-order valence-electron chi connectivity index (χ3n) is 9.84. The largest absolute Gasteiger partial charge is 0.301 e. The minimum atomic E-state index is -0.131. The van der Waals surface area contributed by atoms with E-state index in [1.165, 1.54) is 16.8 Å². The van der Waals surface area contributed by atoms with Gasteiger partial charge < -0.3 is 9.80 Å². The van der Waals surface area contributed by atoms with Crippen molar-refractivity contribution in [2.24, 2.45) is 5.41 Å². The van der Waals surface area contributed by atoms with Crippen LogP contribution in [0.4, 0.5) is 23.0 Å². The third kappa shape index (κ3) is 2.94. The van der Waals surface area contributed by atoms with E-state index in [0.717, 1.165) is 52.7 Å². The van der Waals surface area contributed by atoms with Crippen molar-refractivity contribution in [1.29, 1.82) is 0 Å². The van der Waals surface area contributed by atoms with E-state index in [1.807, 2.05) is 6.07 Å². The van der Waals surface area contributed by atoms with Crippen molar-refractivity contribution in [1.82, 2.24) is 9.97 Å². The summed E-state index contributed by atoms with van der Waals surface area (Å²) in [5.41, 5.74) is 8.74. The lowest BCUT2D eigenvalue weighted by atomic mass is 9.76. The van der Waals surface area contributed by atoms with Crippen molar-refractivity contribution in [3.05, 3.63) is 133 Å². The predicted molar refractivity (Wildman–Crippen MR) is 168 cm³/mol. The Morgan fingerprint density at radius 2 is 1.15 bits per heavy atom. The maximum atomic E-state index is 5.54. The van der Waals surface area contributed by atoms with E-state index in [0.29, 0.717) is 0 Å². The van der Waals surface area contributed by atoms with Gasteiger partial charge in [-0.15, -0.1) is 0 Å². The van der Waals surface area contributed by atoms with Gasteiger partial charge >= 0.3 is 0 Å². The molecule has 0 amide bonds. The van der Waals surface area contributed by atoms with Crippen LogP contribution in [0.15, 0.2) is 127 Å². The number of aromatic nitrogens is 2. The number of para-hydroxylation sites is 2. The number of fused-ring (bicyclic) bond motifs is 8. The third-order valence-corrected chi connectivity index (χ3v) is 9.84. The van der Waals surface area contributed by atoms with Gasteiger partial charge in [-0.05, 0) is 36.6 Å². The number of hydrogen-bond donors (Lipinski definition) is 0. The van der Waals surface area contributed by atoms with Crippen molar-refractivity contribution < 1.29 is 0 Å². The molecule has 3 unspecified atom stereocenters. The number of rotatable bonds is 5. The van der Waals surface area contributed by atoms with E-state index < -0.39 is 0 Å². The van der Waals surface area contributed by atoms with Crippen LogP contribution in [0.25, 0.3) is 22.5 Å². The maximum absolute atomic E-state index is 5.54. The highest BCUT2D eigenvalue weighted by atomic mass is 15.5. The highest BCUT2D eigenvalue weighted by Crippen LogP contribution is 2.80. The normalized spacial score (nSPS) is 23.5. The topological polar surface area (TPSA) is 32.3 Å². The smallest absolute Gasteiger partial charge is 0.179 e. The number of nitrogens with zero attached hydrogens (tertiary/aromatic N) is 4. The molecule has 0 spiro atoms. The summed E-state index contributed by atoms with van der Waals surface area (Å²) in [6.07, 6.45) is 2.00. The minimum Gasteiger partial charge on any atom is -0.301 e. The zero-order valence-electron chi connectivity index (χ0n) is 23.5. The number of benzene rings is 4. The van der Waals surface area contributed by atoms with Gasteiger partial charge in [0.1, 0.15) is 6.17 Å². The predicted octanol–water partition coefficient (Wildman–Crippen LogP) is 9.05. The highest BCUT2D eigenvalue weighted by molar-refractivity contribution is 5.93. The van der Waals surface area contributed by atoms with Crippen molar-refractivity contribution in [2.75, 3.05) is 9.80 Å². The van der Waals surface area contributed by atoms with Gasteiger partial charge in [-0.25, -0.2) is 9.97 Å². The molecule has 2 aliphatic heterocycles. The molecular weight excluding hydrogens is 500 g/mol. The second-order valence-corrected chi connectivity index (χ2v) is 11.3. The van der Waals surface area contributed by atoms with E-state index in [-0.39, 0.29) is 17.0 Å². The van der Waals surface area contributed by atoms with Crippen LogP contribution in [0.3, 0.4) is 0 Å². The lowest BCUT2D eigenvalue weighted by Gasteiger charge is -2.45. The van der Waals surface area contributed by atoms with E-state index >= 15 is 0 Å². The van der Waals surface area contributed by atoms with Gasteiger partial charge in [0, 0.05) is 33.3 Å². The molecule has 5 aromatic rings. The quantitative estimate of drug-likeness (QED) is 0.211. The average molecular weight is 533 g/mol. The van der Waals surface area contributed by atoms with E-state index in [9.17, 15) is 0 Å². The molecule has 3 heterocycles. The van der Waals surface area contributed by atoms with Crippen LogP contribution in [0.5, 0.6) is 0 Å². The molecule has 0 saturated heterocycles. The van der Waals surface area contributed by atoms with Crippen LogP contribution in [0.2, 0.25) is 0 Å². The lowest BCUT2D eigenvalue weighted by molar-refractivity contribution is 0.315. The molecule has 1 fully saturated rings. The Labute approximate surface area is 241 Å². The van der Waals surface area contributed by atoms with Crippen molar-refractivity contribution >= 4 is 23.0 Å². The van der Waals surface area contributed by atoms with Crippen LogP contribution in [-0.2, 0) is 5.41 Å². The van der Waals surface area contributed by atoms with Crippen LogP contribution in [-0.4, -0.2) is 16.1 Å². The molecule has 41 heavy (non-hydrogen) atoms. The van der Waals surface area contributed by atoms with Crippen molar-refractivity contribution in [3.8, 4) is 22.5 Å². The second-order valence-electron chi connectivity index (χ2n) is 11.3. The summed E-state index contributed by atoms with van der Waals surface area (Å²) in [6.45, 7) is 9.43. The molecule has 0 bridgehead atoms. The van der Waals surface area contributed by atoms with Crippen LogP contribution in [0.1, 0.15) is 32.3 Å². The number of anilines is 4. The average Bonchev–Trinajstić information content (AvgIpc) is 3.43. The standard InChI is InChI=1S/C37H32N4/c1-4-36-25(3)37(36,5-2)35-40(28-21-13-8-14-22-28)33-34(41(35)30-24-16-15-23-29(30)36)39-32(27-19-11-7-12-20-27)31(38-33)26-17-9-6-10-18-26/h6-24,35H,3-5H2,1-2H3. The Balaban J connectivity index is 1.48. The molecule has 0 N–H and O–H groups in total. The SMILES string of the molecule is C=C1C2(CC)c3ccccc3N3c4nc(-c5ccccc5)c(-c5ccccc5)nc4N(c4ccccc4)C3C12CC. The molecular formula is C37H32N4. The summed E-state index contributed by atoms with van der Waals surface area (Å²) >= 11 is 0. The first-order valence-electron chi connectivity index (χ1n) is 14.6. The lowest BCUT2D eigenvalue weighted by Crippen LogP contribution is -2.51. The molecule has 4 heteroatoms. The van der Waals surface area contributed by atoms with Gasteiger partial charge in [-0.1, -0.05) is 123 Å². The summed E-state index contributed by atoms with van der Waals surface area (Å²) in [5.74, 6) is 1.80. The zero-order chi connectivity index (χ0) is 27.8. The van der Waals surface area contributed by atoms with Crippen LogP contribution < -0.4 is 9.80 Å². The monoisotopic (exact) mass is 532 g/mol. The fourth-order valence-electron chi connectivity index (χ4n) is 8.08. The fraction of sp³-hybridized carbons (Fsp3) is 0.189. The molecule has 200 valence electrons. The van der Waals surface area contributed by atoms with Gasteiger partial charge in [0.05, 0.1) is 11.4 Å². The molecule has 4 nitrogen and oxygen atoms in total. The summed E-state index contributed by atoms with van der Waals surface area (Å²) < 4.78 is 0. The highest BCUT2D eigenvalue weighted by Gasteiger charge is 2.79. The molecule has 1 saturated carbocycles. The summed E-state index contributed by atoms with van der Waals surface area (Å²) in [6, 6.07) is 40.5. The zero-order valence-corrected chi connectivity index (χ0v) is 23.5. The summed E-state index contributed by atoms with van der Waals surface area (Å²) in [4.78, 5) is 16.0. The second kappa shape index (κ2) is 8.65. The Morgan fingerprint density at radius 1 is 0.634 bits per heavy atom. The van der Waals surface area contributed by atoms with Crippen molar-refractivity contribution in [3.63, 3.8) is 0 Å².